The number of aromatic nitrogens is 2. The van der Waals surface area contributed by atoms with E-state index in [4.69, 9.17) is 9.97 Å². The summed E-state index contributed by atoms with van der Waals surface area (Å²) in [7, 11) is 0. The quantitative estimate of drug-likeness (QED) is 0.200. The molecular formula is C44H46N4S. The van der Waals surface area contributed by atoms with Crippen molar-refractivity contribution in [2.75, 3.05) is 10.2 Å². The Morgan fingerprint density at radius 3 is 2.06 bits per heavy atom. The number of hydrogen-bond donors (Lipinski definition) is 1. The Hall–Kier alpha value is -4.48. The van der Waals surface area contributed by atoms with Gasteiger partial charge < -0.3 is 10.2 Å². The largest absolute Gasteiger partial charge is 0.359 e. The van der Waals surface area contributed by atoms with Crippen molar-refractivity contribution >= 4 is 70.4 Å². The lowest BCUT2D eigenvalue weighted by Crippen LogP contribution is -2.31. The van der Waals surface area contributed by atoms with Crippen molar-refractivity contribution in [1.29, 1.82) is 0 Å². The normalized spacial score (nSPS) is 15.5. The number of anilines is 3. The molecule has 1 unspecified atom stereocenters. The van der Waals surface area contributed by atoms with Crippen LogP contribution in [0.3, 0.4) is 0 Å². The maximum atomic E-state index is 5.23. The van der Waals surface area contributed by atoms with Crippen LogP contribution in [0.5, 0.6) is 0 Å². The van der Waals surface area contributed by atoms with Gasteiger partial charge in [-0.05, 0) is 57.4 Å². The molecule has 0 radical (unpaired) electrons. The molecule has 0 spiro atoms. The molecule has 4 nitrogen and oxygen atoms in total. The van der Waals surface area contributed by atoms with Gasteiger partial charge in [-0.25, -0.2) is 4.98 Å². The molecule has 49 heavy (non-hydrogen) atoms. The first kappa shape index (κ1) is 31.8. The van der Waals surface area contributed by atoms with Crippen LogP contribution in [0.4, 0.5) is 17.1 Å². The summed E-state index contributed by atoms with van der Waals surface area (Å²) in [5.74, 6) is 0. The molecule has 1 N–H and O–H groups in total. The van der Waals surface area contributed by atoms with Crippen molar-refractivity contribution in [1.82, 2.24) is 9.97 Å². The molecule has 248 valence electrons. The number of benzene rings is 4. The van der Waals surface area contributed by atoms with Crippen molar-refractivity contribution in [2.24, 2.45) is 0 Å². The average Bonchev–Trinajstić information content (AvgIpc) is 3.62. The first-order valence-corrected chi connectivity index (χ1v) is 18.3. The lowest BCUT2D eigenvalue weighted by Gasteiger charge is -2.39. The molecule has 1 aliphatic heterocycles. The van der Waals surface area contributed by atoms with Crippen LogP contribution in [-0.4, -0.2) is 9.97 Å². The molecule has 0 bridgehead atoms. The van der Waals surface area contributed by atoms with Crippen molar-refractivity contribution < 1.29 is 0 Å². The van der Waals surface area contributed by atoms with Crippen LogP contribution in [0.25, 0.3) is 42.0 Å². The molecule has 7 aromatic rings. The lowest BCUT2D eigenvalue weighted by atomic mass is 9.73. The highest BCUT2D eigenvalue weighted by atomic mass is 32.1. The smallest absolute Gasteiger partial charge is 0.132 e. The van der Waals surface area contributed by atoms with Crippen molar-refractivity contribution in [3.63, 3.8) is 0 Å². The topological polar surface area (TPSA) is 41.1 Å². The highest BCUT2D eigenvalue weighted by Crippen LogP contribution is 2.56. The van der Waals surface area contributed by atoms with E-state index in [1.165, 1.54) is 54.2 Å². The molecule has 5 heteroatoms. The molecule has 8 rings (SSSR count). The van der Waals surface area contributed by atoms with Gasteiger partial charge in [0.05, 0.1) is 22.6 Å². The summed E-state index contributed by atoms with van der Waals surface area (Å²) in [4.78, 5) is 13.9. The Bertz CT molecular complexity index is 2410. The van der Waals surface area contributed by atoms with Gasteiger partial charge >= 0.3 is 0 Å². The second-order valence-electron chi connectivity index (χ2n) is 16.9. The first-order chi connectivity index (χ1) is 23.1. The maximum absolute atomic E-state index is 5.23. The summed E-state index contributed by atoms with van der Waals surface area (Å²) in [6.07, 6.45) is 1.86. The Kier molecular flexibility index (Phi) is 6.97. The molecule has 0 saturated carbocycles. The summed E-state index contributed by atoms with van der Waals surface area (Å²) >= 11 is 1.80. The average molecular weight is 663 g/mol. The molecule has 4 heterocycles. The SMILES string of the molecule is Cc1ccc2ccc3c(c2n1)N(c1c(C(C)(C)C)cc(C(C)(C)C)cc1C(C)(C)C)C(c1cccc2c1sc1ncc4ccccc4c12)N3. The third-order valence-corrected chi connectivity index (χ3v) is 11.3. The predicted molar refractivity (Wildman–Crippen MR) is 212 cm³/mol. The van der Waals surface area contributed by atoms with Gasteiger partial charge in [0.25, 0.3) is 0 Å². The summed E-state index contributed by atoms with van der Waals surface area (Å²) in [5, 5.41) is 10.1. The molecule has 0 fully saturated rings. The second kappa shape index (κ2) is 10.8. The second-order valence-corrected chi connectivity index (χ2v) is 17.9. The van der Waals surface area contributed by atoms with E-state index >= 15 is 0 Å². The highest BCUT2D eigenvalue weighted by Gasteiger charge is 2.41. The van der Waals surface area contributed by atoms with Crippen molar-refractivity contribution in [3.05, 3.63) is 113 Å². The summed E-state index contributed by atoms with van der Waals surface area (Å²) in [6.45, 7) is 23.2. The molecule has 0 aliphatic carbocycles. The molecule has 4 aromatic carbocycles. The third-order valence-electron chi connectivity index (χ3n) is 10.2. The Balaban J connectivity index is 1.50. The lowest BCUT2D eigenvalue weighted by molar-refractivity contribution is 0.546. The van der Waals surface area contributed by atoms with Gasteiger partial charge in [-0.1, -0.05) is 129 Å². The zero-order valence-corrected chi connectivity index (χ0v) is 31.2. The third kappa shape index (κ3) is 5.08. The van der Waals surface area contributed by atoms with Crippen LogP contribution < -0.4 is 10.2 Å². The molecule has 1 atom stereocenters. The fourth-order valence-corrected chi connectivity index (χ4v) is 8.76. The number of aryl methyl sites for hydroxylation is 1. The monoisotopic (exact) mass is 662 g/mol. The number of rotatable bonds is 2. The number of thiophene rings is 1. The Morgan fingerprint density at radius 1 is 0.694 bits per heavy atom. The van der Waals surface area contributed by atoms with Gasteiger partial charge in [0, 0.05) is 43.7 Å². The molecular weight excluding hydrogens is 617 g/mol. The number of pyridine rings is 2. The van der Waals surface area contributed by atoms with E-state index in [2.05, 4.69) is 158 Å². The van der Waals surface area contributed by atoms with Crippen LogP contribution in [-0.2, 0) is 16.2 Å². The van der Waals surface area contributed by atoms with Gasteiger partial charge in [0.15, 0.2) is 0 Å². The van der Waals surface area contributed by atoms with E-state index in [0.717, 1.165) is 32.8 Å². The van der Waals surface area contributed by atoms with E-state index in [1.807, 2.05) is 6.20 Å². The maximum Gasteiger partial charge on any atom is 0.132 e. The molecule has 0 saturated heterocycles. The fraction of sp³-hybridized carbons (Fsp3) is 0.318. The van der Waals surface area contributed by atoms with Gasteiger partial charge in [0.2, 0.25) is 0 Å². The van der Waals surface area contributed by atoms with Crippen LogP contribution in [0.15, 0.2) is 85.1 Å². The highest BCUT2D eigenvalue weighted by molar-refractivity contribution is 7.25. The van der Waals surface area contributed by atoms with Gasteiger partial charge in [-0.15, -0.1) is 11.3 Å². The van der Waals surface area contributed by atoms with Crippen LogP contribution >= 0.6 is 11.3 Å². The molecule has 1 aliphatic rings. The molecule has 0 amide bonds. The van der Waals surface area contributed by atoms with Gasteiger partial charge in [-0.2, -0.15) is 0 Å². The Morgan fingerprint density at radius 2 is 1.37 bits per heavy atom. The van der Waals surface area contributed by atoms with Gasteiger partial charge in [0.1, 0.15) is 11.0 Å². The summed E-state index contributed by atoms with van der Waals surface area (Å²) in [5.41, 5.74) is 10.7. The minimum Gasteiger partial charge on any atom is -0.359 e. The zero-order valence-electron chi connectivity index (χ0n) is 30.4. The minimum atomic E-state index is -0.159. The van der Waals surface area contributed by atoms with Crippen molar-refractivity contribution in [2.45, 2.75) is 91.6 Å². The number of fused-ring (bicyclic) bond motifs is 8. The first-order valence-electron chi connectivity index (χ1n) is 17.5. The van der Waals surface area contributed by atoms with E-state index in [0.29, 0.717) is 0 Å². The van der Waals surface area contributed by atoms with E-state index in [1.54, 1.807) is 11.3 Å². The minimum absolute atomic E-state index is 0.00288. The number of hydrogen-bond acceptors (Lipinski definition) is 5. The zero-order chi connectivity index (χ0) is 34.6. The van der Waals surface area contributed by atoms with E-state index in [-0.39, 0.29) is 22.4 Å². The standard InChI is InChI=1S/C44H46N4S/c1-25-18-19-26-20-21-34-38(36(26)46-25)48(37-32(43(5,6)7)22-28(42(2,3)4)23-33(37)44(8,9)10)40(47-34)31-17-13-16-30-35-29-15-12-11-14-27(29)24-45-41(35)49-39(30)31/h11-24,40,47H,1-10H3. The van der Waals surface area contributed by atoms with Crippen LogP contribution in [0.2, 0.25) is 0 Å². The number of nitrogens with one attached hydrogen (secondary N) is 1. The predicted octanol–water partition coefficient (Wildman–Crippen LogP) is 12.6. The Labute approximate surface area is 294 Å². The van der Waals surface area contributed by atoms with E-state index < -0.39 is 0 Å². The fourth-order valence-electron chi connectivity index (χ4n) is 7.56. The number of nitrogens with zero attached hydrogens (tertiary/aromatic N) is 3. The van der Waals surface area contributed by atoms with Crippen LogP contribution in [0.1, 0.15) is 96.4 Å². The van der Waals surface area contributed by atoms with E-state index in [9.17, 15) is 0 Å². The summed E-state index contributed by atoms with van der Waals surface area (Å²) < 4.78 is 1.27. The van der Waals surface area contributed by atoms with Crippen LogP contribution in [0, 0.1) is 6.92 Å². The van der Waals surface area contributed by atoms with Gasteiger partial charge in [-0.3, -0.25) is 4.98 Å². The molecule has 3 aromatic heterocycles. The summed E-state index contributed by atoms with van der Waals surface area (Å²) in [6, 6.07) is 29.2. The van der Waals surface area contributed by atoms with Crippen molar-refractivity contribution in [3.8, 4) is 0 Å².